The Labute approximate surface area is 167 Å². The van der Waals surface area contributed by atoms with Gasteiger partial charge in [-0.3, -0.25) is 34.6 Å². The monoisotopic (exact) mass is 411 g/mol. The van der Waals surface area contributed by atoms with E-state index in [1.807, 2.05) is 5.32 Å². The fourth-order valence-corrected chi connectivity index (χ4v) is 2.71. The average Bonchev–Trinajstić information content (AvgIpc) is 2.68. The molecule has 1 aliphatic heterocycles. The van der Waals surface area contributed by atoms with Gasteiger partial charge in [-0.1, -0.05) is 0 Å². The van der Waals surface area contributed by atoms with Crippen LogP contribution in [0.2, 0.25) is 0 Å². The number of hydrogen-bond donors (Lipinski definition) is 3. The summed E-state index contributed by atoms with van der Waals surface area (Å²) in [4.78, 5) is 71.2. The fraction of sp³-hybridized carbons (Fsp3) is 0.0556. The number of nitrogens with zero attached hydrogens (tertiary/aromatic N) is 2. The molecular formula is C18H13N5O7. The van der Waals surface area contributed by atoms with Crippen LogP contribution in [-0.4, -0.2) is 34.6 Å². The molecule has 1 heterocycles. The molecule has 0 aliphatic carbocycles. The number of nitro benzene ring substituents is 1. The number of nitrogens with one attached hydrogen (secondary N) is 2. The van der Waals surface area contributed by atoms with E-state index < -0.39 is 40.5 Å². The van der Waals surface area contributed by atoms with Gasteiger partial charge in [0.05, 0.1) is 10.6 Å². The van der Waals surface area contributed by atoms with Crippen LogP contribution in [-0.2, 0) is 14.4 Å². The van der Waals surface area contributed by atoms with Crippen LogP contribution in [0.5, 0.6) is 0 Å². The van der Waals surface area contributed by atoms with Crippen molar-refractivity contribution in [1.29, 1.82) is 0 Å². The van der Waals surface area contributed by atoms with Crippen LogP contribution in [0.4, 0.5) is 21.9 Å². The predicted octanol–water partition coefficient (Wildman–Crippen LogP) is 0.531. The molecule has 4 N–H and O–H groups in total. The van der Waals surface area contributed by atoms with E-state index in [0.717, 1.165) is 24.3 Å². The number of urea groups is 1. The summed E-state index contributed by atoms with van der Waals surface area (Å²) in [5, 5.41) is 15.0. The van der Waals surface area contributed by atoms with E-state index in [2.05, 4.69) is 5.32 Å². The second-order valence-corrected chi connectivity index (χ2v) is 6.11. The Bertz CT molecular complexity index is 1080. The summed E-state index contributed by atoms with van der Waals surface area (Å²) in [6.45, 7) is 0. The number of carbonyl (C=O) groups is 5. The van der Waals surface area contributed by atoms with Gasteiger partial charge in [0.2, 0.25) is 17.7 Å². The highest BCUT2D eigenvalue weighted by Crippen LogP contribution is 2.24. The van der Waals surface area contributed by atoms with Crippen LogP contribution in [0.25, 0.3) is 0 Å². The lowest BCUT2D eigenvalue weighted by Gasteiger charge is -2.29. The number of imide groups is 2. The zero-order valence-corrected chi connectivity index (χ0v) is 15.0. The quantitative estimate of drug-likeness (QED) is 0.364. The third-order valence-electron chi connectivity index (χ3n) is 4.18. The minimum Gasteiger partial charge on any atom is -0.366 e. The molecule has 0 bridgehead atoms. The summed E-state index contributed by atoms with van der Waals surface area (Å²) in [5.74, 6) is -5.80. The molecule has 1 saturated heterocycles. The van der Waals surface area contributed by atoms with Crippen molar-refractivity contribution in [3.05, 3.63) is 64.2 Å². The number of carbonyl (C=O) groups excluding carboxylic acids is 5. The van der Waals surface area contributed by atoms with Crippen molar-refractivity contribution in [2.45, 2.75) is 0 Å². The molecule has 2 aromatic rings. The maximum Gasteiger partial charge on any atom is 0.335 e. The van der Waals surface area contributed by atoms with E-state index in [1.54, 1.807) is 0 Å². The van der Waals surface area contributed by atoms with Gasteiger partial charge in [-0.25, -0.2) is 9.69 Å². The first kappa shape index (κ1) is 20.1. The van der Waals surface area contributed by atoms with Gasteiger partial charge in [0.15, 0.2) is 5.92 Å². The molecule has 2 aromatic carbocycles. The summed E-state index contributed by atoms with van der Waals surface area (Å²) >= 11 is 0. The Morgan fingerprint density at radius 2 is 1.63 bits per heavy atom. The van der Waals surface area contributed by atoms with Crippen molar-refractivity contribution in [3.8, 4) is 0 Å². The molecule has 1 unspecified atom stereocenters. The normalized spacial score (nSPS) is 16.1. The van der Waals surface area contributed by atoms with Crippen LogP contribution in [0.15, 0.2) is 48.5 Å². The van der Waals surface area contributed by atoms with Crippen molar-refractivity contribution >= 4 is 46.7 Å². The Kier molecular flexibility index (Phi) is 5.23. The van der Waals surface area contributed by atoms with Gasteiger partial charge in [-0.05, 0) is 36.4 Å². The molecule has 1 atom stereocenters. The molecule has 0 saturated carbocycles. The van der Waals surface area contributed by atoms with Crippen LogP contribution >= 0.6 is 0 Å². The number of hydrogen-bond acceptors (Lipinski definition) is 7. The topological polar surface area (TPSA) is 182 Å². The number of primary amides is 1. The van der Waals surface area contributed by atoms with Gasteiger partial charge in [-0.2, -0.15) is 0 Å². The number of nitro groups is 1. The summed E-state index contributed by atoms with van der Waals surface area (Å²) in [5.41, 5.74) is 5.18. The van der Waals surface area contributed by atoms with Crippen molar-refractivity contribution in [1.82, 2.24) is 5.32 Å². The lowest BCUT2D eigenvalue weighted by molar-refractivity contribution is -0.384. The highest BCUT2D eigenvalue weighted by atomic mass is 16.6. The number of nitrogens with two attached hydrogens (primary N) is 1. The highest BCUT2D eigenvalue weighted by molar-refractivity contribution is 6.35. The zero-order valence-electron chi connectivity index (χ0n) is 15.0. The van der Waals surface area contributed by atoms with E-state index in [1.165, 1.54) is 24.3 Å². The van der Waals surface area contributed by atoms with Gasteiger partial charge in [0.25, 0.3) is 11.6 Å². The number of non-ortho nitro benzene ring substituents is 1. The maximum atomic E-state index is 12.7. The summed E-state index contributed by atoms with van der Waals surface area (Å²) < 4.78 is 0. The number of anilines is 2. The molecule has 3 rings (SSSR count). The SMILES string of the molecule is NC(=O)c1ccc(NC(=O)C2C(=O)NC(=O)N(c3ccc([N+](=O)[O-])cc3)C2=O)cc1. The third-order valence-corrected chi connectivity index (χ3v) is 4.18. The van der Waals surface area contributed by atoms with Gasteiger partial charge in [-0.15, -0.1) is 0 Å². The van der Waals surface area contributed by atoms with E-state index in [4.69, 9.17) is 5.73 Å². The maximum absolute atomic E-state index is 12.7. The van der Waals surface area contributed by atoms with Crippen LogP contribution in [0, 0.1) is 16.0 Å². The number of rotatable bonds is 5. The Morgan fingerprint density at radius 1 is 1.03 bits per heavy atom. The van der Waals surface area contributed by atoms with Crippen molar-refractivity contribution < 1.29 is 28.9 Å². The van der Waals surface area contributed by atoms with Crippen molar-refractivity contribution in [2.24, 2.45) is 11.7 Å². The largest absolute Gasteiger partial charge is 0.366 e. The number of barbiturate groups is 1. The molecular weight excluding hydrogens is 398 g/mol. The number of benzene rings is 2. The molecule has 12 nitrogen and oxygen atoms in total. The molecule has 0 spiro atoms. The first-order valence-electron chi connectivity index (χ1n) is 8.33. The minimum absolute atomic E-state index is 0.0563. The molecule has 0 aromatic heterocycles. The molecule has 12 heteroatoms. The van der Waals surface area contributed by atoms with E-state index in [-0.39, 0.29) is 22.6 Å². The van der Waals surface area contributed by atoms with Crippen LogP contribution < -0.4 is 21.3 Å². The van der Waals surface area contributed by atoms with Gasteiger partial charge >= 0.3 is 6.03 Å². The lowest BCUT2D eigenvalue weighted by Crippen LogP contribution is -2.61. The van der Waals surface area contributed by atoms with Crippen molar-refractivity contribution in [2.75, 3.05) is 10.2 Å². The second-order valence-electron chi connectivity index (χ2n) is 6.11. The van der Waals surface area contributed by atoms with E-state index in [0.29, 0.717) is 4.90 Å². The fourth-order valence-electron chi connectivity index (χ4n) is 2.71. The van der Waals surface area contributed by atoms with Crippen molar-refractivity contribution in [3.63, 3.8) is 0 Å². The third kappa shape index (κ3) is 3.82. The van der Waals surface area contributed by atoms with Gasteiger partial charge in [0, 0.05) is 23.4 Å². The highest BCUT2D eigenvalue weighted by Gasteiger charge is 2.45. The summed E-state index contributed by atoms with van der Waals surface area (Å²) in [6, 6.07) is 8.72. The first-order valence-corrected chi connectivity index (χ1v) is 8.33. The molecule has 6 amide bonds. The lowest BCUT2D eigenvalue weighted by atomic mass is 10.0. The number of amides is 6. The van der Waals surface area contributed by atoms with Gasteiger partial charge in [0.1, 0.15) is 0 Å². The average molecular weight is 411 g/mol. The Balaban J connectivity index is 1.83. The summed E-state index contributed by atoms with van der Waals surface area (Å²) in [6.07, 6.45) is 0. The van der Waals surface area contributed by atoms with E-state index in [9.17, 15) is 34.1 Å². The molecule has 30 heavy (non-hydrogen) atoms. The van der Waals surface area contributed by atoms with E-state index >= 15 is 0 Å². The van der Waals surface area contributed by atoms with Crippen LogP contribution in [0.3, 0.4) is 0 Å². The molecule has 152 valence electrons. The zero-order chi connectivity index (χ0) is 22.0. The first-order chi connectivity index (χ1) is 14.2. The Hall–Kier alpha value is -4.61. The summed E-state index contributed by atoms with van der Waals surface area (Å²) in [7, 11) is 0. The molecule has 1 fully saturated rings. The smallest absolute Gasteiger partial charge is 0.335 e. The van der Waals surface area contributed by atoms with Gasteiger partial charge < -0.3 is 11.1 Å². The van der Waals surface area contributed by atoms with Crippen LogP contribution in [0.1, 0.15) is 10.4 Å². The molecule has 0 radical (unpaired) electrons. The molecule has 1 aliphatic rings. The predicted molar refractivity (Wildman–Crippen MR) is 101 cm³/mol. The Morgan fingerprint density at radius 3 is 2.17 bits per heavy atom. The minimum atomic E-state index is -1.88. The second kappa shape index (κ2) is 7.79. The standard InChI is InChI=1S/C18H13N5O7/c19-14(24)9-1-3-10(4-2-9)20-15(25)13-16(26)21-18(28)22(17(13)27)11-5-7-12(8-6-11)23(29)30/h1-8,13H,(H2,19,24)(H,20,25)(H,21,26,28).